The van der Waals surface area contributed by atoms with Crippen molar-refractivity contribution < 1.29 is 0 Å². The molecule has 1 aromatic carbocycles. The second-order valence-electron chi connectivity index (χ2n) is 6.90. The van der Waals surface area contributed by atoms with E-state index in [0.717, 1.165) is 38.6 Å². The summed E-state index contributed by atoms with van der Waals surface area (Å²) in [6.45, 7) is 10.9. The largest absolute Gasteiger partial charge is 0.356 e. The van der Waals surface area contributed by atoms with Gasteiger partial charge in [-0.05, 0) is 36.8 Å². The van der Waals surface area contributed by atoms with Gasteiger partial charge in [0.05, 0.1) is 0 Å². The van der Waals surface area contributed by atoms with Crippen LogP contribution < -0.4 is 10.6 Å². The normalized spacial score (nSPS) is 16.3. The van der Waals surface area contributed by atoms with Gasteiger partial charge in [-0.25, -0.2) is 0 Å². The highest BCUT2D eigenvalue weighted by Crippen LogP contribution is 2.19. The molecule has 1 aromatic rings. The zero-order valence-corrected chi connectivity index (χ0v) is 17.8. The Morgan fingerprint density at radius 1 is 1.17 bits per heavy atom. The molecule has 0 saturated heterocycles. The summed E-state index contributed by atoms with van der Waals surface area (Å²) < 4.78 is 0. The van der Waals surface area contributed by atoms with E-state index >= 15 is 0 Å². The molecule has 0 aliphatic carbocycles. The summed E-state index contributed by atoms with van der Waals surface area (Å²) in [6, 6.07) is 9.30. The lowest BCUT2D eigenvalue weighted by Crippen LogP contribution is -2.47. The van der Waals surface area contributed by atoms with Crippen LogP contribution in [0.1, 0.15) is 38.3 Å². The van der Waals surface area contributed by atoms with Crippen LogP contribution in [-0.4, -0.2) is 43.6 Å². The maximum atomic E-state index is 4.31. The van der Waals surface area contributed by atoms with Crippen molar-refractivity contribution >= 4 is 29.9 Å². The summed E-state index contributed by atoms with van der Waals surface area (Å²) in [5.41, 5.74) is 2.99. The minimum Gasteiger partial charge on any atom is -0.356 e. The number of guanidine groups is 1. The smallest absolute Gasteiger partial charge is 0.191 e. The average Bonchev–Trinajstić information content (AvgIpc) is 2.56. The molecule has 4 nitrogen and oxygen atoms in total. The lowest BCUT2D eigenvalue weighted by Gasteiger charge is -2.34. The van der Waals surface area contributed by atoms with Crippen molar-refractivity contribution in [3.8, 4) is 0 Å². The first kappa shape index (κ1) is 21.2. The minimum atomic E-state index is 0. The summed E-state index contributed by atoms with van der Waals surface area (Å²) in [7, 11) is 1.84. The van der Waals surface area contributed by atoms with Crippen molar-refractivity contribution in [1.82, 2.24) is 15.5 Å². The first-order valence-electron chi connectivity index (χ1n) is 8.85. The van der Waals surface area contributed by atoms with Gasteiger partial charge in [-0.15, -0.1) is 24.0 Å². The van der Waals surface area contributed by atoms with Crippen molar-refractivity contribution in [2.24, 2.45) is 10.9 Å². The Bertz CT molecular complexity index is 516. The van der Waals surface area contributed by atoms with Crippen LogP contribution in [-0.2, 0) is 13.0 Å². The maximum Gasteiger partial charge on any atom is 0.191 e. The number of halogens is 1. The number of hydrogen-bond acceptors (Lipinski definition) is 2. The quantitative estimate of drug-likeness (QED) is 0.402. The van der Waals surface area contributed by atoms with Crippen LogP contribution in [0.5, 0.6) is 0 Å². The van der Waals surface area contributed by atoms with Crippen LogP contribution >= 0.6 is 24.0 Å². The highest BCUT2D eigenvalue weighted by Gasteiger charge is 2.20. The Balaban J connectivity index is 0.00000288. The molecule has 2 N–H and O–H groups in total. The highest BCUT2D eigenvalue weighted by molar-refractivity contribution is 14.0. The SMILES string of the molecule is CN=C(NCCC(C)C)NCC(C)N1CCc2ccccc2C1.I. The molecular weight excluding hydrogens is 411 g/mol. The topological polar surface area (TPSA) is 39.7 Å². The number of aliphatic imine (C=N–C) groups is 1. The average molecular weight is 444 g/mol. The van der Waals surface area contributed by atoms with Crippen LogP contribution in [0.2, 0.25) is 0 Å². The predicted molar refractivity (Wildman–Crippen MR) is 114 cm³/mol. The number of rotatable bonds is 6. The van der Waals surface area contributed by atoms with Gasteiger partial charge >= 0.3 is 0 Å². The van der Waals surface area contributed by atoms with Crippen molar-refractivity contribution in [3.05, 3.63) is 35.4 Å². The molecule has 2 rings (SSSR count). The van der Waals surface area contributed by atoms with Gasteiger partial charge in [0.1, 0.15) is 0 Å². The molecular formula is C19H33IN4. The molecule has 0 amide bonds. The van der Waals surface area contributed by atoms with E-state index in [-0.39, 0.29) is 24.0 Å². The van der Waals surface area contributed by atoms with E-state index in [2.05, 4.69) is 65.6 Å². The molecule has 0 spiro atoms. The Hall–Kier alpha value is -0.820. The van der Waals surface area contributed by atoms with Crippen LogP contribution in [0.3, 0.4) is 0 Å². The highest BCUT2D eigenvalue weighted by atomic mass is 127. The standard InChI is InChI=1S/C19H32N4.HI/c1-15(2)9-11-21-19(20-4)22-13-16(3)23-12-10-17-7-5-6-8-18(17)14-23;/h5-8,15-16H,9-14H2,1-4H3,(H2,20,21,22);1H. The lowest BCUT2D eigenvalue weighted by molar-refractivity contribution is 0.191. The molecule has 136 valence electrons. The van der Waals surface area contributed by atoms with Gasteiger partial charge in [0.2, 0.25) is 0 Å². The van der Waals surface area contributed by atoms with Crippen molar-refractivity contribution in [3.63, 3.8) is 0 Å². The number of fused-ring (bicyclic) bond motifs is 1. The second-order valence-corrected chi connectivity index (χ2v) is 6.90. The predicted octanol–water partition coefficient (Wildman–Crippen LogP) is 3.26. The first-order chi connectivity index (χ1) is 11.1. The molecule has 0 fully saturated rings. The van der Waals surface area contributed by atoms with Crippen LogP contribution in [0.4, 0.5) is 0 Å². The lowest BCUT2D eigenvalue weighted by atomic mass is 9.99. The third-order valence-electron chi connectivity index (χ3n) is 4.59. The van der Waals surface area contributed by atoms with Gasteiger partial charge in [0.25, 0.3) is 0 Å². The van der Waals surface area contributed by atoms with Crippen LogP contribution in [0, 0.1) is 5.92 Å². The van der Waals surface area contributed by atoms with E-state index in [1.54, 1.807) is 0 Å². The van der Waals surface area contributed by atoms with E-state index in [4.69, 9.17) is 0 Å². The summed E-state index contributed by atoms with van der Waals surface area (Å²) in [5, 5.41) is 6.86. The fraction of sp³-hybridized carbons (Fsp3) is 0.632. The molecule has 0 radical (unpaired) electrons. The molecule has 0 saturated carbocycles. The molecule has 1 heterocycles. The molecule has 24 heavy (non-hydrogen) atoms. The van der Waals surface area contributed by atoms with Gasteiger partial charge in [-0.2, -0.15) is 0 Å². The number of nitrogens with zero attached hydrogens (tertiary/aromatic N) is 2. The molecule has 1 atom stereocenters. The fourth-order valence-corrected chi connectivity index (χ4v) is 2.97. The first-order valence-corrected chi connectivity index (χ1v) is 8.85. The van der Waals surface area contributed by atoms with Gasteiger partial charge in [0.15, 0.2) is 5.96 Å². The van der Waals surface area contributed by atoms with Crippen LogP contribution in [0.25, 0.3) is 0 Å². The summed E-state index contributed by atoms with van der Waals surface area (Å²) in [6.07, 6.45) is 2.32. The van der Waals surface area contributed by atoms with E-state index in [1.807, 2.05) is 7.05 Å². The summed E-state index contributed by atoms with van der Waals surface area (Å²) >= 11 is 0. The third-order valence-corrected chi connectivity index (χ3v) is 4.59. The van der Waals surface area contributed by atoms with E-state index < -0.39 is 0 Å². The van der Waals surface area contributed by atoms with Crippen molar-refractivity contribution in [1.29, 1.82) is 0 Å². The van der Waals surface area contributed by atoms with Gasteiger partial charge in [0, 0.05) is 39.3 Å². The molecule has 5 heteroatoms. The molecule has 0 aromatic heterocycles. The Morgan fingerprint density at radius 2 is 1.88 bits per heavy atom. The number of nitrogens with one attached hydrogen (secondary N) is 2. The number of hydrogen-bond donors (Lipinski definition) is 2. The second kappa shape index (κ2) is 10.9. The number of benzene rings is 1. The monoisotopic (exact) mass is 444 g/mol. The third kappa shape index (κ3) is 6.59. The van der Waals surface area contributed by atoms with Gasteiger partial charge < -0.3 is 10.6 Å². The summed E-state index contributed by atoms with van der Waals surface area (Å²) in [4.78, 5) is 6.87. The Labute approximate surface area is 164 Å². The van der Waals surface area contributed by atoms with E-state index in [1.165, 1.54) is 17.5 Å². The summed E-state index contributed by atoms with van der Waals surface area (Å²) in [5.74, 6) is 1.63. The fourth-order valence-electron chi connectivity index (χ4n) is 2.97. The van der Waals surface area contributed by atoms with Gasteiger partial charge in [-0.1, -0.05) is 38.1 Å². The van der Waals surface area contributed by atoms with Crippen molar-refractivity contribution in [2.45, 2.75) is 46.2 Å². The van der Waals surface area contributed by atoms with Gasteiger partial charge in [-0.3, -0.25) is 9.89 Å². The van der Waals surface area contributed by atoms with Crippen molar-refractivity contribution in [2.75, 3.05) is 26.7 Å². The molecule has 1 aliphatic heterocycles. The zero-order chi connectivity index (χ0) is 16.7. The maximum absolute atomic E-state index is 4.31. The minimum absolute atomic E-state index is 0. The molecule has 1 aliphatic rings. The zero-order valence-electron chi connectivity index (χ0n) is 15.5. The van der Waals surface area contributed by atoms with E-state index in [0.29, 0.717) is 12.0 Å². The van der Waals surface area contributed by atoms with Crippen LogP contribution in [0.15, 0.2) is 29.3 Å². The Morgan fingerprint density at radius 3 is 2.54 bits per heavy atom. The molecule has 0 bridgehead atoms. The Kier molecular flexibility index (Phi) is 9.66. The van der Waals surface area contributed by atoms with E-state index in [9.17, 15) is 0 Å². The molecule has 1 unspecified atom stereocenters.